The summed E-state index contributed by atoms with van der Waals surface area (Å²) in [7, 11) is 0. The van der Waals surface area contributed by atoms with E-state index in [9.17, 15) is 18.8 Å². The second-order valence-electron chi connectivity index (χ2n) is 8.10. The summed E-state index contributed by atoms with van der Waals surface area (Å²) >= 11 is 5.93. The molecule has 1 aliphatic heterocycles. The van der Waals surface area contributed by atoms with Crippen molar-refractivity contribution in [1.29, 1.82) is 0 Å². The van der Waals surface area contributed by atoms with Gasteiger partial charge in [0.2, 0.25) is 5.91 Å². The van der Waals surface area contributed by atoms with Crippen LogP contribution in [0.2, 0.25) is 5.02 Å². The van der Waals surface area contributed by atoms with Gasteiger partial charge in [-0.2, -0.15) is 0 Å². The monoisotopic (exact) mass is 454 g/mol. The Bertz CT molecular complexity index is 1070. The zero-order valence-corrected chi connectivity index (χ0v) is 18.4. The molecule has 2 aromatic rings. The molecule has 3 amide bonds. The van der Waals surface area contributed by atoms with Crippen LogP contribution in [0.5, 0.6) is 0 Å². The summed E-state index contributed by atoms with van der Waals surface area (Å²) in [5, 5.41) is 0.488. The van der Waals surface area contributed by atoms with Crippen LogP contribution >= 0.6 is 11.6 Å². The van der Waals surface area contributed by atoms with Crippen molar-refractivity contribution in [2.75, 3.05) is 11.4 Å². The van der Waals surface area contributed by atoms with Crippen molar-refractivity contribution in [2.45, 2.75) is 44.6 Å². The van der Waals surface area contributed by atoms with E-state index >= 15 is 0 Å². The highest BCUT2D eigenvalue weighted by molar-refractivity contribution is 6.31. The Hall–Kier alpha value is -2.99. The SMILES string of the molecule is O=C1CC(N(CCC2=CCCCC2)C(=O)c2ccccc2F)C(=O)N1c1ccc(Cl)cc1. The van der Waals surface area contributed by atoms with Crippen LogP contribution in [0.1, 0.15) is 48.9 Å². The number of halogens is 2. The summed E-state index contributed by atoms with van der Waals surface area (Å²) in [6.07, 6.45) is 6.83. The van der Waals surface area contributed by atoms with E-state index in [1.54, 1.807) is 30.3 Å². The third kappa shape index (κ3) is 4.60. The summed E-state index contributed by atoms with van der Waals surface area (Å²) in [6, 6.07) is 11.1. The Morgan fingerprint density at radius 2 is 1.84 bits per heavy atom. The third-order valence-electron chi connectivity index (χ3n) is 6.01. The maximum atomic E-state index is 14.4. The Kier molecular flexibility index (Phi) is 6.70. The number of amides is 3. The second kappa shape index (κ2) is 9.65. The number of hydrogen-bond acceptors (Lipinski definition) is 3. The first kappa shape index (κ1) is 22.2. The van der Waals surface area contributed by atoms with Gasteiger partial charge in [0, 0.05) is 11.6 Å². The minimum Gasteiger partial charge on any atom is -0.326 e. The van der Waals surface area contributed by atoms with Gasteiger partial charge in [0.15, 0.2) is 0 Å². The lowest BCUT2D eigenvalue weighted by Gasteiger charge is -2.29. The molecule has 1 atom stereocenters. The fourth-order valence-corrected chi connectivity index (χ4v) is 4.43. The normalized spacial score (nSPS) is 18.6. The van der Waals surface area contributed by atoms with Gasteiger partial charge in [-0.15, -0.1) is 0 Å². The van der Waals surface area contributed by atoms with E-state index in [2.05, 4.69) is 6.08 Å². The van der Waals surface area contributed by atoms with Crippen LogP contribution in [0, 0.1) is 5.82 Å². The average Bonchev–Trinajstić information content (AvgIpc) is 3.09. The summed E-state index contributed by atoms with van der Waals surface area (Å²) in [4.78, 5) is 41.8. The van der Waals surface area contributed by atoms with Crippen LogP contribution in [-0.4, -0.2) is 35.2 Å². The van der Waals surface area contributed by atoms with E-state index < -0.39 is 29.6 Å². The molecule has 1 saturated heterocycles. The van der Waals surface area contributed by atoms with E-state index in [-0.39, 0.29) is 18.5 Å². The maximum Gasteiger partial charge on any atom is 0.257 e. The van der Waals surface area contributed by atoms with Crippen molar-refractivity contribution in [3.05, 3.63) is 76.6 Å². The highest BCUT2D eigenvalue weighted by Gasteiger charge is 2.44. The molecule has 1 unspecified atom stereocenters. The number of carbonyl (C=O) groups excluding carboxylic acids is 3. The lowest BCUT2D eigenvalue weighted by atomic mass is 9.96. The van der Waals surface area contributed by atoms with Crippen molar-refractivity contribution < 1.29 is 18.8 Å². The minimum atomic E-state index is -0.977. The first-order valence-electron chi connectivity index (χ1n) is 10.8. The quantitative estimate of drug-likeness (QED) is 0.448. The number of anilines is 1. The van der Waals surface area contributed by atoms with E-state index in [0.717, 1.165) is 30.6 Å². The predicted molar refractivity (Wildman–Crippen MR) is 121 cm³/mol. The molecule has 5 nitrogen and oxygen atoms in total. The molecule has 1 heterocycles. The molecule has 4 rings (SSSR count). The molecular weight excluding hydrogens is 431 g/mol. The standard InChI is InChI=1S/C25H24ClFN2O3/c26-18-10-12-19(13-11-18)29-23(30)16-22(25(29)32)28(15-14-17-6-2-1-3-7-17)24(31)20-8-4-5-9-21(20)27/h4-6,8-13,22H,1-3,7,14-16H2. The topological polar surface area (TPSA) is 57.7 Å². The summed E-state index contributed by atoms with van der Waals surface area (Å²) in [6.45, 7) is 0.247. The van der Waals surface area contributed by atoms with E-state index in [1.807, 2.05) is 0 Å². The Morgan fingerprint density at radius 1 is 1.09 bits per heavy atom. The number of nitrogens with zero attached hydrogens (tertiary/aromatic N) is 2. The molecule has 0 saturated carbocycles. The number of allylic oxidation sites excluding steroid dienone is 1. The van der Waals surface area contributed by atoms with Gasteiger partial charge in [0.25, 0.3) is 11.8 Å². The van der Waals surface area contributed by atoms with Gasteiger partial charge in [-0.25, -0.2) is 9.29 Å². The van der Waals surface area contributed by atoms with Crippen LogP contribution in [0.3, 0.4) is 0 Å². The zero-order chi connectivity index (χ0) is 22.7. The molecule has 32 heavy (non-hydrogen) atoms. The lowest BCUT2D eigenvalue weighted by Crippen LogP contribution is -2.46. The number of benzene rings is 2. The number of carbonyl (C=O) groups is 3. The summed E-state index contributed by atoms with van der Waals surface area (Å²) in [5.74, 6) is -2.11. The van der Waals surface area contributed by atoms with Gasteiger partial charge in [-0.3, -0.25) is 14.4 Å². The molecule has 0 aromatic heterocycles. The highest BCUT2D eigenvalue weighted by atomic mass is 35.5. The van der Waals surface area contributed by atoms with Gasteiger partial charge in [0.1, 0.15) is 11.9 Å². The molecule has 7 heteroatoms. The van der Waals surface area contributed by atoms with E-state index in [4.69, 9.17) is 11.6 Å². The van der Waals surface area contributed by atoms with Gasteiger partial charge < -0.3 is 4.90 Å². The van der Waals surface area contributed by atoms with Gasteiger partial charge in [-0.1, -0.05) is 35.4 Å². The molecule has 2 aromatic carbocycles. The van der Waals surface area contributed by atoms with Crippen LogP contribution in [0.4, 0.5) is 10.1 Å². The van der Waals surface area contributed by atoms with Crippen LogP contribution in [-0.2, 0) is 9.59 Å². The molecule has 1 fully saturated rings. The zero-order valence-electron chi connectivity index (χ0n) is 17.6. The number of hydrogen-bond donors (Lipinski definition) is 0. The van der Waals surface area contributed by atoms with Crippen LogP contribution in [0.25, 0.3) is 0 Å². The Morgan fingerprint density at radius 3 is 2.53 bits per heavy atom. The third-order valence-corrected chi connectivity index (χ3v) is 6.26. The van der Waals surface area contributed by atoms with Crippen molar-refractivity contribution in [3.8, 4) is 0 Å². The first-order valence-corrected chi connectivity index (χ1v) is 11.2. The average molecular weight is 455 g/mol. The number of imide groups is 1. The minimum absolute atomic E-state index is 0.102. The van der Waals surface area contributed by atoms with Crippen molar-refractivity contribution in [2.24, 2.45) is 0 Å². The summed E-state index contributed by atoms with van der Waals surface area (Å²) in [5.41, 5.74) is 1.53. The van der Waals surface area contributed by atoms with E-state index in [0.29, 0.717) is 17.1 Å². The van der Waals surface area contributed by atoms with Crippen LogP contribution in [0.15, 0.2) is 60.2 Å². The van der Waals surface area contributed by atoms with Gasteiger partial charge in [0.05, 0.1) is 17.7 Å². The van der Waals surface area contributed by atoms with Crippen molar-refractivity contribution in [1.82, 2.24) is 4.90 Å². The molecule has 1 aliphatic carbocycles. The molecule has 0 spiro atoms. The maximum absolute atomic E-state index is 14.4. The second-order valence-corrected chi connectivity index (χ2v) is 8.54. The van der Waals surface area contributed by atoms with Crippen molar-refractivity contribution >= 4 is 35.0 Å². The van der Waals surface area contributed by atoms with E-state index in [1.165, 1.54) is 28.7 Å². The van der Waals surface area contributed by atoms with Gasteiger partial charge >= 0.3 is 0 Å². The number of rotatable bonds is 6. The molecule has 0 N–H and O–H groups in total. The fourth-order valence-electron chi connectivity index (χ4n) is 4.30. The van der Waals surface area contributed by atoms with Crippen LogP contribution < -0.4 is 4.90 Å². The highest BCUT2D eigenvalue weighted by Crippen LogP contribution is 2.29. The predicted octanol–water partition coefficient (Wildman–Crippen LogP) is 5.14. The lowest BCUT2D eigenvalue weighted by molar-refractivity contribution is -0.122. The largest absolute Gasteiger partial charge is 0.326 e. The Labute approximate surface area is 191 Å². The molecule has 166 valence electrons. The first-order chi connectivity index (χ1) is 15.5. The summed E-state index contributed by atoms with van der Waals surface area (Å²) < 4.78 is 14.4. The molecule has 0 bridgehead atoms. The molecule has 0 radical (unpaired) electrons. The smallest absolute Gasteiger partial charge is 0.257 e. The Balaban J connectivity index is 1.62. The van der Waals surface area contributed by atoms with Gasteiger partial charge in [-0.05, 0) is 68.5 Å². The van der Waals surface area contributed by atoms with Crippen molar-refractivity contribution in [3.63, 3.8) is 0 Å². The fraction of sp³-hybridized carbons (Fsp3) is 0.320. The molecular formula is C25H24ClFN2O3. The molecule has 2 aliphatic rings.